The van der Waals surface area contributed by atoms with Crippen LogP contribution in [0.25, 0.3) is 0 Å². The van der Waals surface area contributed by atoms with Crippen molar-refractivity contribution in [2.45, 2.75) is 19.8 Å². The fourth-order valence-electron chi connectivity index (χ4n) is 0.904. The SMILES string of the molecule is CCCCOc1ccc(Br)c(C#N)n1. The zero-order valence-electron chi connectivity index (χ0n) is 7.96. The largest absolute Gasteiger partial charge is 0.478 e. The normalized spacial score (nSPS) is 9.50. The monoisotopic (exact) mass is 254 g/mol. The van der Waals surface area contributed by atoms with Gasteiger partial charge in [-0.2, -0.15) is 5.26 Å². The molecule has 14 heavy (non-hydrogen) atoms. The standard InChI is InChI=1S/C10H11BrN2O/c1-2-3-6-14-10-5-4-8(11)9(7-12)13-10/h4-5H,2-3,6H2,1H3. The fourth-order valence-corrected chi connectivity index (χ4v) is 1.21. The molecule has 0 amide bonds. The molecule has 0 fully saturated rings. The Morgan fingerprint density at radius 2 is 2.36 bits per heavy atom. The third kappa shape index (κ3) is 3.00. The minimum absolute atomic E-state index is 0.360. The second-order valence-corrected chi connectivity index (χ2v) is 3.65. The number of unbranched alkanes of at least 4 members (excludes halogenated alkanes) is 1. The molecule has 0 radical (unpaired) electrons. The summed E-state index contributed by atoms with van der Waals surface area (Å²) in [4.78, 5) is 4.03. The first kappa shape index (κ1) is 11.0. The van der Waals surface area contributed by atoms with Crippen LogP contribution in [0.3, 0.4) is 0 Å². The summed E-state index contributed by atoms with van der Waals surface area (Å²) in [6.45, 7) is 2.75. The molecule has 0 unspecified atom stereocenters. The zero-order chi connectivity index (χ0) is 10.4. The van der Waals surface area contributed by atoms with Crippen LogP contribution >= 0.6 is 15.9 Å². The van der Waals surface area contributed by atoms with Crippen LogP contribution in [0.5, 0.6) is 5.88 Å². The van der Waals surface area contributed by atoms with Crippen LogP contribution in [0.1, 0.15) is 25.5 Å². The van der Waals surface area contributed by atoms with Gasteiger partial charge >= 0.3 is 0 Å². The predicted molar refractivity (Wildman–Crippen MR) is 57.1 cm³/mol. The highest BCUT2D eigenvalue weighted by Crippen LogP contribution is 2.17. The van der Waals surface area contributed by atoms with Crippen LogP contribution in [-0.2, 0) is 0 Å². The van der Waals surface area contributed by atoms with E-state index in [0.29, 0.717) is 22.7 Å². The number of aromatic nitrogens is 1. The number of hydrogen-bond donors (Lipinski definition) is 0. The zero-order valence-corrected chi connectivity index (χ0v) is 9.54. The van der Waals surface area contributed by atoms with Gasteiger partial charge in [0.2, 0.25) is 5.88 Å². The molecule has 0 saturated heterocycles. The highest BCUT2D eigenvalue weighted by Gasteiger charge is 2.02. The molecular weight excluding hydrogens is 244 g/mol. The van der Waals surface area contributed by atoms with Gasteiger partial charge in [0.05, 0.1) is 11.1 Å². The Bertz CT molecular complexity index is 346. The van der Waals surface area contributed by atoms with E-state index in [9.17, 15) is 0 Å². The van der Waals surface area contributed by atoms with Gasteiger partial charge in [-0.15, -0.1) is 0 Å². The molecule has 0 atom stereocenters. The van der Waals surface area contributed by atoms with Crippen LogP contribution in [-0.4, -0.2) is 11.6 Å². The van der Waals surface area contributed by atoms with Crippen molar-refractivity contribution in [3.05, 3.63) is 22.3 Å². The van der Waals surface area contributed by atoms with Crippen LogP contribution in [0.2, 0.25) is 0 Å². The van der Waals surface area contributed by atoms with Crippen molar-refractivity contribution < 1.29 is 4.74 Å². The predicted octanol–water partition coefficient (Wildman–Crippen LogP) is 2.89. The lowest BCUT2D eigenvalue weighted by Crippen LogP contribution is -1.99. The molecule has 0 bridgehead atoms. The number of ether oxygens (including phenoxy) is 1. The minimum atomic E-state index is 0.360. The lowest BCUT2D eigenvalue weighted by molar-refractivity contribution is 0.297. The smallest absolute Gasteiger partial charge is 0.214 e. The second kappa shape index (κ2) is 5.61. The Morgan fingerprint density at radius 1 is 1.57 bits per heavy atom. The molecular formula is C10H11BrN2O. The maximum atomic E-state index is 8.72. The third-order valence-electron chi connectivity index (χ3n) is 1.67. The number of rotatable bonds is 4. The fraction of sp³-hybridized carbons (Fsp3) is 0.400. The van der Waals surface area contributed by atoms with E-state index >= 15 is 0 Å². The van der Waals surface area contributed by atoms with Crippen molar-refractivity contribution in [3.8, 4) is 11.9 Å². The van der Waals surface area contributed by atoms with Crippen LogP contribution in [0.15, 0.2) is 16.6 Å². The summed E-state index contributed by atoms with van der Waals surface area (Å²) in [5.41, 5.74) is 0.360. The topological polar surface area (TPSA) is 45.9 Å². The summed E-state index contributed by atoms with van der Waals surface area (Å²) in [6.07, 6.45) is 2.08. The van der Waals surface area contributed by atoms with E-state index in [1.54, 1.807) is 12.1 Å². The van der Waals surface area contributed by atoms with Crippen LogP contribution < -0.4 is 4.74 Å². The molecule has 74 valence electrons. The molecule has 0 saturated carbocycles. The first-order chi connectivity index (χ1) is 6.77. The van der Waals surface area contributed by atoms with E-state index < -0.39 is 0 Å². The van der Waals surface area contributed by atoms with E-state index in [4.69, 9.17) is 10.00 Å². The van der Waals surface area contributed by atoms with Gasteiger partial charge in [0.25, 0.3) is 0 Å². The molecule has 0 aliphatic carbocycles. The van der Waals surface area contributed by atoms with E-state index in [-0.39, 0.29) is 0 Å². The Kier molecular flexibility index (Phi) is 4.41. The van der Waals surface area contributed by atoms with Gasteiger partial charge in [0.1, 0.15) is 6.07 Å². The Morgan fingerprint density at radius 3 is 3.00 bits per heavy atom. The molecule has 0 aromatic carbocycles. The number of nitrogens with zero attached hydrogens (tertiary/aromatic N) is 2. The molecule has 3 nitrogen and oxygen atoms in total. The van der Waals surface area contributed by atoms with Crippen molar-refractivity contribution in [3.63, 3.8) is 0 Å². The minimum Gasteiger partial charge on any atom is -0.478 e. The molecule has 0 N–H and O–H groups in total. The first-order valence-corrected chi connectivity index (χ1v) is 5.26. The van der Waals surface area contributed by atoms with Gasteiger partial charge in [-0.1, -0.05) is 13.3 Å². The van der Waals surface area contributed by atoms with Crippen molar-refractivity contribution in [1.82, 2.24) is 4.98 Å². The van der Waals surface area contributed by atoms with Gasteiger partial charge in [-0.25, -0.2) is 4.98 Å². The summed E-state index contributed by atoms with van der Waals surface area (Å²) in [5.74, 6) is 0.512. The molecule has 0 aliphatic heterocycles. The Hall–Kier alpha value is -1.08. The maximum Gasteiger partial charge on any atom is 0.214 e. The van der Waals surface area contributed by atoms with Gasteiger partial charge in [0.15, 0.2) is 5.69 Å². The van der Waals surface area contributed by atoms with Gasteiger partial charge in [0, 0.05) is 6.07 Å². The Labute approximate surface area is 91.8 Å². The molecule has 1 rings (SSSR count). The van der Waals surface area contributed by atoms with Gasteiger partial charge in [-0.3, -0.25) is 0 Å². The quantitative estimate of drug-likeness (QED) is 0.777. The van der Waals surface area contributed by atoms with E-state index in [0.717, 1.165) is 12.8 Å². The lowest BCUT2D eigenvalue weighted by Gasteiger charge is -2.04. The Balaban J connectivity index is 2.66. The average Bonchev–Trinajstić information content (AvgIpc) is 2.21. The van der Waals surface area contributed by atoms with Crippen LogP contribution in [0.4, 0.5) is 0 Å². The van der Waals surface area contributed by atoms with Crippen LogP contribution in [0, 0.1) is 11.3 Å². The maximum absolute atomic E-state index is 8.72. The molecule has 1 aromatic heterocycles. The summed E-state index contributed by atoms with van der Waals surface area (Å²) in [7, 11) is 0. The van der Waals surface area contributed by atoms with E-state index in [1.165, 1.54) is 0 Å². The van der Waals surface area contributed by atoms with Crippen molar-refractivity contribution >= 4 is 15.9 Å². The lowest BCUT2D eigenvalue weighted by atomic mass is 10.3. The summed E-state index contributed by atoms with van der Waals surface area (Å²) in [6, 6.07) is 5.51. The first-order valence-electron chi connectivity index (χ1n) is 4.47. The molecule has 4 heteroatoms. The molecule has 1 heterocycles. The summed E-state index contributed by atoms with van der Waals surface area (Å²) >= 11 is 3.23. The van der Waals surface area contributed by atoms with E-state index in [2.05, 4.69) is 27.8 Å². The highest BCUT2D eigenvalue weighted by atomic mass is 79.9. The number of nitriles is 1. The molecule has 0 aliphatic rings. The van der Waals surface area contributed by atoms with Crippen molar-refractivity contribution in [1.29, 1.82) is 5.26 Å². The summed E-state index contributed by atoms with van der Waals surface area (Å²) < 4.78 is 6.06. The van der Waals surface area contributed by atoms with Crippen molar-refractivity contribution in [2.24, 2.45) is 0 Å². The van der Waals surface area contributed by atoms with E-state index in [1.807, 2.05) is 6.07 Å². The number of hydrogen-bond acceptors (Lipinski definition) is 3. The molecule has 0 spiro atoms. The number of pyridine rings is 1. The highest BCUT2D eigenvalue weighted by molar-refractivity contribution is 9.10. The van der Waals surface area contributed by atoms with Gasteiger partial charge < -0.3 is 4.74 Å². The average molecular weight is 255 g/mol. The number of halogens is 1. The van der Waals surface area contributed by atoms with Gasteiger partial charge in [-0.05, 0) is 28.4 Å². The second-order valence-electron chi connectivity index (χ2n) is 2.79. The molecule has 1 aromatic rings. The van der Waals surface area contributed by atoms with Crippen molar-refractivity contribution in [2.75, 3.05) is 6.61 Å². The summed E-state index contributed by atoms with van der Waals surface area (Å²) in [5, 5.41) is 8.72. The third-order valence-corrected chi connectivity index (χ3v) is 2.31.